The van der Waals surface area contributed by atoms with Crippen LogP contribution in [-0.4, -0.2) is 19.1 Å². The van der Waals surface area contributed by atoms with Crippen molar-refractivity contribution < 1.29 is 9.90 Å². The van der Waals surface area contributed by atoms with Gasteiger partial charge in [-0.05, 0) is 6.92 Å². The van der Waals surface area contributed by atoms with Gasteiger partial charge in [0, 0.05) is 5.57 Å². The molecule has 2 nitrogen and oxygen atoms in total. The van der Waals surface area contributed by atoms with E-state index in [2.05, 4.69) is 26.5 Å². The van der Waals surface area contributed by atoms with Gasteiger partial charge in [0.05, 0.1) is 8.07 Å². The Hall–Kier alpha value is -0.573. The molecule has 0 unspecified atom stereocenters. The molecular weight excluding hydrogens is 288 g/mol. The summed E-state index contributed by atoms with van der Waals surface area (Å²) >= 11 is 0. The first kappa shape index (κ1) is 21.4. The molecule has 0 spiro atoms. The van der Waals surface area contributed by atoms with E-state index in [0.717, 1.165) is 0 Å². The zero-order chi connectivity index (χ0) is 16.8. The van der Waals surface area contributed by atoms with Gasteiger partial charge in [0.2, 0.25) is 0 Å². The number of hydrogen-bond donors (Lipinski definition) is 1. The van der Waals surface area contributed by atoms with Crippen molar-refractivity contribution in [3.8, 4) is 0 Å². The predicted molar refractivity (Wildman–Crippen MR) is 100 cm³/mol. The highest BCUT2D eigenvalue weighted by Gasteiger charge is 2.29. The van der Waals surface area contributed by atoms with Crippen LogP contribution in [0, 0.1) is 0 Å². The number of carbonyl (C=O) groups is 1. The van der Waals surface area contributed by atoms with E-state index in [1.807, 2.05) is 0 Å². The maximum atomic E-state index is 11.3. The molecule has 0 atom stereocenters. The minimum atomic E-state index is -1.58. The predicted octanol–water partition coefficient (Wildman–Crippen LogP) is 6.58. The first-order chi connectivity index (χ1) is 10.5. The molecule has 0 rings (SSSR count). The van der Waals surface area contributed by atoms with Crippen LogP contribution in [0.1, 0.15) is 85.5 Å². The second-order valence-corrected chi connectivity index (χ2v) is 11.4. The fourth-order valence-corrected chi connectivity index (χ4v) is 8.38. The third-order valence-electron chi connectivity index (χ3n) is 4.69. The molecule has 22 heavy (non-hydrogen) atoms. The maximum Gasteiger partial charge on any atom is 0.330 e. The van der Waals surface area contributed by atoms with Crippen molar-refractivity contribution in [1.29, 1.82) is 0 Å². The lowest BCUT2D eigenvalue weighted by molar-refractivity contribution is -0.132. The van der Waals surface area contributed by atoms with Crippen molar-refractivity contribution >= 4 is 14.0 Å². The molecule has 0 saturated carbocycles. The second-order valence-electron chi connectivity index (χ2n) is 6.87. The van der Waals surface area contributed by atoms with Crippen molar-refractivity contribution in [1.82, 2.24) is 0 Å². The van der Waals surface area contributed by atoms with Crippen LogP contribution in [0.4, 0.5) is 0 Å². The van der Waals surface area contributed by atoms with E-state index in [0.29, 0.717) is 5.57 Å². The number of carboxylic acid groups (broad SMARTS) is 1. The van der Waals surface area contributed by atoms with Crippen molar-refractivity contribution in [3.05, 3.63) is 11.3 Å². The Morgan fingerprint density at radius 1 is 0.818 bits per heavy atom. The lowest BCUT2D eigenvalue weighted by Gasteiger charge is -2.30. The van der Waals surface area contributed by atoms with Crippen molar-refractivity contribution in [2.45, 2.75) is 104 Å². The molecule has 0 amide bonds. The van der Waals surface area contributed by atoms with Crippen LogP contribution in [0.2, 0.25) is 18.1 Å². The molecule has 0 radical (unpaired) electrons. The smallest absolute Gasteiger partial charge is 0.330 e. The van der Waals surface area contributed by atoms with Crippen LogP contribution in [0.3, 0.4) is 0 Å². The molecule has 130 valence electrons. The van der Waals surface area contributed by atoms with Gasteiger partial charge in [-0.1, -0.05) is 102 Å². The summed E-state index contributed by atoms with van der Waals surface area (Å²) in [6.07, 6.45) is 11.4. The molecule has 1 N–H and O–H groups in total. The van der Waals surface area contributed by atoms with Crippen LogP contribution in [0.25, 0.3) is 0 Å². The van der Waals surface area contributed by atoms with Gasteiger partial charge in [-0.25, -0.2) is 4.79 Å². The molecule has 3 heteroatoms. The van der Waals surface area contributed by atoms with Crippen molar-refractivity contribution in [2.75, 3.05) is 0 Å². The summed E-state index contributed by atoms with van der Waals surface area (Å²) in [7, 11) is -1.58. The molecule has 0 bridgehead atoms. The van der Waals surface area contributed by atoms with Gasteiger partial charge in [-0.3, -0.25) is 0 Å². The van der Waals surface area contributed by atoms with Crippen molar-refractivity contribution in [3.63, 3.8) is 0 Å². The van der Waals surface area contributed by atoms with Gasteiger partial charge in [-0.15, -0.1) is 0 Å². The van der Waals surface area contributed by atoms with Gasteiger partial charge < -0.3 is 5.11 Å². The normalized spacial score (nSPS) is 12.6. The minimum absolute atomic E-state index is 0.594. The number of hydrogen-bond acceptors (Lipinski definition) is 1. The van der Waals surface area contributed by atoms with Crippen LogP contribution in [-0.2, 0) is 4.79 Å². The zero-order valence-electron chi connectivity index (χ0n) is 15.4. The Morgan fingerprint density at radius 2 is 1.18 bits per heavy atom. The fraction of sp³-hybridized carbons (Fsp3) is 0.842. The quantitative estimate of drug-likeness (QED) is 0.222. The Kier molecular flexibility index (Phi) is 12.6. The highest BCUT2D eigenvalue weighted by molar-refractivity contribution is 6.84. The molecule has 0 aromatic carbocycles. The standard InChI is InChI=1S/C19H38O2Si/c1-5-8-11-14-22(15-12-9-6-2,16-13-10-7-3)17-18(4)19(20)21/h17H,5-16H2,1-4H3,(H,20,21). The summed E-state index contributed by atoms with van der Waals surface area (Å²) in [6, 6.07) is 3.87. The van der Waals surface area contributed by atoms with Crippen LogP contribution in [0.5, 0.6) is 0 Å². The first-order valence-electron chi connectivity index (χ1n) is 9.44. The SMILES string of the molecule is CCCCC[Si](C=C(C)C(=O)O)(CCCCC)CCCCC. The summed E-state index contributed by atoms with van der Waals surface area (Å²) in [4.78, 5) is 11.3. The summed E-state index contributed by atoms with van der Waals surface area (Å²) in [5.74, 6) is -0.724. The maximum absolute atomic E-state index is 11.3. The molecule has 0 aliphatic carbocycles. The molecule has 0 aromatic heterocycles. The van der Waals surface area contributed by atoms with Gasteiger partial charge in [0.25, 0.3) is 0 Å². The average molecular weight is 327 g/mol. The van der Waals surface area contributed by atoms with E-state index >= 15 is 0 Å². The van der Waals surface area contributed by atoms with Crippen LogP contribution in [0.15, 0.2) is 11.3 Å². The third-order valence-corrected chi connectivity index (χ3v) is 9.79. The van der Waals surface area contributed by atoms with E-state index in [4.69, 9.17) is 0 Å². The largest absolute Gasteiger partial charge is 0.478 e. The number of aliphatic carboxylic acids is 1. The van der Waals surface area contributed by atoms with Crippen molar-refractivity contribution in [2.24, 2.45) is 0 Å². The highest BCUT2D eigenvalue weighted by Crippen LogP contribution is 2.31. The third kappa shape index (κ3) is 9.45. The molecule has 0 saturated heterocycles. The van der Waals surface area contributed by atoms with E-state index in [1.54, 1.807) is 6.92 Å². The molecule has 0 fully saturated rings. The summed E-state index contributed by atoms with van der Waals surface area (Å²) in [5.41, 5.74) is 2.84. The van der Waals surface area contributed by atoms with E-state index in [-0.39, 0.29) is 0 Å². The zero-order valence-corrected chi connectivity index (χ0v) is 16.4. The number of rotatable bonds is 14. The average Bonchev–Trinajstić information content (AvgIpc) is 2.48. The molecular formula is C19H38O2Si. The summed E-state index contributed by atoms with van der Waals surface area (Å²) in [6.45, 7) is 8.53. The lowest BCUT2D eigenvalue weighted by Crippen LogP contribution is -2.33. The number of carboxylic acids is 1. The monoisotopic (exact) mass is 326 g/mol. The fourth-order valence-electron chi connectivity index (χ4n) is 3.29. The Morgan fingerprint density at radius 3 is 1.45 bits per heavy atom. The van der Waals surface area contributed by atoms with Crippen LogP contribution >= 0.6 is 0 Å². The Labute approximate surface area is 139 Å². The van der Waals surface area contributed by atoms with Gasteiger partial charge >= 0.3 is 5.97 Å². The lowest BCUT2D eigenvalue weighted by atomic mass is 10.3. The van der Waals surface area contributed by atoms with Gasteiger partial charge in [0.1, 0.15) is 0 Å². The van der Waals surface area contributed by atoms with Gasteiger partial charge in [-0.2, -0.15) is 0 Å². The summed E-state index contributed by atoms with van der Waals surface area (Å²) < 4.78 is 0. The highest BCUT2D eigenvalue weighted by atomic mass is 28.3. The minimum Gasteiger partial charge on any atom is -0.478 e. The Bertz CT molecular complexity index is 297. The van der Waals surface area contributed by atoms with E-state index in [9.17, 15) is 9.90 Å². The molecule has 0 heterocycles. The second kappa shape index (κ2) is 12.9. The first-order valence-corrected chi connectivity index (χ1v) is 12.1. The molecule has 0 aliphatic heterocycles. The van der Waals surface area contributed by atoms with E-state index in [1.165, 1.54) is 75.9 Å². The topological polar surface area (TPSA) is 37.3 Å². The number of unbranched alkanes of at least 4 members (excludes halogenated alkanes) is 6. The van der Waals surface area contributed by atoms with Gasteiger partial charge in [0.15, 0.2) is 0 Å². The summed E-state index contributed by atoms with van der Waals surface area (Å²) in [5, 5.41) is 9.31. The molecule has 0 aliphatic rings. The Balaban J connectivity index is 5.08. The van der Waals surface area contributed by atoms with E-state index < -0.39 is 14.0 Å². The van der Waals surface area contributed by atoms with Crippen LogP contribution < -0.4 is 0 Å². The molecule has 0 aromatic rings.